The Labute approximate surface area is 57.2 Å². The average Bonchev–Trinajstić information content (AvgIpc) is 2.37. The average molecular weight is 144 g/mol. The lowest BCUT2D eigenvalue weighted by molar-refractivity contribution is 0.266. The van der Waals surface area contributed by atoms with E-state index >= 15 is 0 Å². The Bertz CT molecular complexity index is 163. The molecule has 0 saturated heterocycles. The number of nitrogens with zero attached hydrogens (tertiary/aromatic N) is 1. The minimum absolute atomic E-state index is 0.0380. The molecular formula is C5H8N2OS. The van der Waals surface area contributed by atoms with Crippen molar-refractivity contribution in [2.45, 2.75) is 6.04 Å². The Morgan fingerprint density at radius 2 is 2.67 bits per heavy atom. The van der Waals surface area contributed by atoms with Gasteiger partial charge in [0.15, 0.2) is 0 Å². The van der Waals surface area contributed by atoms with Gasteiger partial charge < -0.3 is 10.8 Å². The van der Waals surface area contributed by atoms with Crippen molar-refractivity contribution in [1.82, 2.24) is 4.98 Å². The lowest BCUT2D eigenvalue weighted by atomic mass is 10.3. The van der Waals surface area contributed by atoms with E-state index in [1.54, 1.807) is 5.51 Å². The maximum Gasteiger partial charge on any atom is 0.0795 e. The maximum atomic E-state index is 8.55. The van der Waals surface area contributed by atoms with Crippen molar-refractivity contribution < 1.29 is 5.11 Å². The van der Waals surface area contributed by atoms with Crippen LogP contribution in [0.4, 0.5) is 0 Å². The van der Waals surface area contributed by atoms with E-state index in [0.29, 0.717) is 0 Å². The Balaban J connectivity index is 2.65. The fraction of sp³-hybridized carbons (Fsp3) is 0.400. The van der Waals surface area contributed by atoms with Gasteiger partial charge in [-0.1, -0.05) is 0 Å². The molecule has 4 heteroatoms. The van der Waals surface area contributed by atoms with Crippen molar-refractivity contribution in [1.29, 1.82) is 0 Å². The van der Waals surface area contributed by atoms with E-state index in [0.717, 1.165) is 5.69 Å². The largest absolute Gasteiger partial charge is 0.394 e. The van der Waals surface area contributed by atoms with E-state index < -0.39 is 0 Å². The van der Waals surface area contributed by atoms with Gasteiger partial charge in [-0.05, 0) is 0 Å². The molecule has 0 unspecified atom stereocenters. The number of nitrogens with two attached hydrogens (primary N) is 1. The molecule has 1 aromatic heterocycles. The molecule has 0 aromatic carbocycles. The molecule has 0 saturated carbocycles. The summed E-state index contributed by atoms with van der Waals surface area (Å²) in [6.45, 7) is -0.0380. The Morgan fingerprint density at radius 3 is 3.11 bits per heavy atom. The fourth-order valence-electron chi connectivity index (χ4n) is 0.499. The van der Waals surface area contributed by atoms with Crippen LogP contribution in [0.5, 0.6) is 0 Å². The number of hydrogen-bond donors (Lipinski definition) is 2. The minimum atomic E-state index is -0.309. The van der Waals surface area contributed by atoms with Crippen molar-refractivity contribution in [3.63, 3.8) is 0 Å². The van der Waals surface area contributed by atoms with Gasteiger partial charge in [0.05, 0.1) is 23.9 Å². The number of aliphatic hydroxyl groups excluding tert-OH is 1. The van der Waals surface area contributed by atoms with Gasteiger partial charge in [0, 0.05) is 5.38 Å². The van der Waals surface area contributed by atoms with E-state index in [1.165, 1.54) is 11.3 Å². The Kier molecular flexibility index (Phi) is 2.16. The van der Waals surface area contributed by atoms with Crippen molar-refractivity contribution in [2.24, 2.45) is 5.73 Å². The molecule has 50 valence electrons. The third kappa shape index (κ3) is 1.48. The van der Waals surface area contributed by atoms with Gasteiger partial charge in [-0.15, -0.1) is 11.3 Å². The third-order valence-corrected chi connectivity index (χ3v) is 1.63. The van der Waals surface area contributed by atoms with Crippen LogP contribution in [-0.2, 0) is 0 Å². The molecule has 0 aliphatic rings. The summed E-state index contributed by atoms with van der Waals surface area (Å²) in [7, 11) is 0. The van der Waals surface area contributed by atoms with Gasteiger partial charge in [-0.25, -0.2) is 4.98 Å². The second kappa shape index (κ2) is 2.91. The van der Waals surface area contributed by atoms with Crippen LogP contribution in [0.2, 0.25) is 0 Å². The molecule has 3 nitrogen and oxygen atoms in total. The third-order valence-electron chi connectivity index (χ3n) is 1.03. The van der Waals surface area contributed by atoms with Crippen molar-refractivity contribution >= 4 is 11.3 Å². The van der Waals surface area contributed by atoms with Crippen LogP contribution in [0.15, 0.2) is 10.9 Å². The van der Waals surface area contributed by atoms with Gasteiger partial charge >= 0.3 is 0 Å². The van der Waals surface area contributed by atoms with E-state index in [4.69, 9.17) is 10.8 Å². The van der Waals surface area contributed by atoms with Crippen molar-refractivity contribution in [3.8, 4) is 0 Å². The van der Waals surface area contributed by atoms with Gasteiger partial charge in [0.2, 0.25) is 0 Å². The summed E-state index contributed by atoms with van der Waals surface area (Å²) < 4.78 is 0. The summed E-state index contributed by atoms with van der Waals surface area (Å²) in [6.07, 6.45) is 0. The minimum Gasteiger partial charge on any atom is -0.394 e. The van der Waals surface area contributed by atoms with Gasteiger partial charge in [-0.2, -0.15) is 0 Å². The predicted octanol–water partition coefficient (Wildman–Crippen LogP) is 0.135. The second-order valence-corrected chi connectivity index (χ2v) is 2.42. The van der Waals surface area contributed by atoms with E-state index in [2.05, 4.69) is 4.98 Å². The molecule has 1 rings (SSSR count). The van der Waals surface area contributed by atoms with Crippen LogP contribution in [-0.4, -0.2) is 16.7 Å². The Hall–Kier alpha value is -0.450. The quantitative estimate of drug-likeness (QED) is 0.620. The zero-order valence-electron chi connectivity index (χ0n) is 4.82. The molecule has 0 aliphatic carbocycles. The first-order valence-corrected chi connectivity index (χ1v) is 3.53. The first-order valence-electron chi connectivity index (χ1n) is 2.59. The first kappa shape index (κ1) is 6.67. The Morgan fingerprint density at radius 1 is 1.89 bits per heavy atom. The normalized spacial score (nSPS) is 13.6. The summed E-state index contributed by atoms with van der Waals surface area (Å²) in [5.74, 6) is 0. The van der Waals surface area contributed by atoms with Crippen molar-refractivity contribution in [3.05, 3.63) is 16.6 Å². The summed E-state index contributed by atoms with van der Waals surface area (Å²) in [5, 5.41) is 10.4. The van der Waals surface area contributed by atoms with E-state index in [9.17, 15) is 0 Å². The summed E-state index contributed by atoms with van der Waals surface area (Å²) in [5.41, 5.74) is 7.90. The molecule has 0 radical (unpaired) electrons. The molecule has 0 bridgehead atoms. The molecule has 9 heavy (non-hydrogen) atoms. The molecule has 1 atom stereocenters. The lowest BCUT2D eigenvalue weighted by Gasteiger charge is -2.00. The monoisotopic (exact) mass is 144 g/mol. The number of aromatic nitrogens is 1. The highest BCUT2D eigenvalue weighted by Crippen LogP contribution is 2.08. The molecule has 1 heterocycles. The molecule has 3 N–H and O–H groups in total. The highest BCUT2D eigenvalue weighted by Gasteiger charge is 2.03. The molecule has 0 amide bonds. The maximum absolute atomic E-state index is 8.55. The molecular weight excluding hydrogens is 136 g/mol. The predicted molar refractivity (Wildman–Crippen MR) is 36.1 cm³/mol. The van der Waals surface area contributed by atoms with Crippen LogP contribution < -0.4 is 5.73 Å². The zero-order valence-corrected chi connectivity index (χ0v) is 5.64. The number of thiazole rings is 1. The fourth-order valence-corrected chi connectivity index (χ4v) is 1.12. The molecule has 0 spiro atoms. The van der Waals surface area contributed by atoms with Crippen LogP contribution >= 0.6 is 11.3 Å². The number of hydrogen-bond acceptors (Lipinski definition) is 4. The van der Waals surface area contributed by atoms with Crippen molar-refractivity contribution in [2.75, 3.05) is 6.61 Å². The van der Waals surface area contributed by atoms with E-state index in [-0.39, 0.29) is 12.6 Å². The summed E-state index contributed by atoms with van der Waals surface area (Å²) in [6, 6.07) is -0.309. The number of aliphatic hydroxyl groups is 1. The lowest BCUT2D eigenvalue weighted by Crippen LogP contribution is -2.14. The topological polar surface area (TPSA) is 59.1 Å². The standard InChI is InChI=1S/C5H8N2OS/c6-4(1-8)5-2-9-3-7-5/h2-4,8H,1,6H2/t4-/m1/s1. The summed E-state index contributed by atoms with van der Waals surface area (Å²) >= 11 is 1.48. The zero-order chi connectivity index (χ0) is 6.69. The smallest absolute Gasteiger partial charge is 0.0795 e. The first-order chi connectivity index (χ1) is 4.34. The van der Waals surface area contributed by atoms with Gasteiger partial charge in [-0.3, -0.25) is 0 Å². The highest BCUT2D eigenvalue weighted by atomic mass is 32.1. The molecule has 0 fully saturated rings. The van der Waals surface area contributed by atoms with Crippen LogP contribution in [0.3, 0.4) is 0 Å². The van der Waals surface area contributed by atoms with Gasteiger partial charge in [0.25, 0.3) is 0 Å². The van der Waals surface area contributed by atoms with E-state index in [1.807, 2.05) is 5.38 Å². The van der Waals surface area contributed by atoms with Crippen LogP contribution in [0.1, 0.15) is 11.7 Å². The second-order valence-electron chi connectivity index (χ2n) is 1.70. The number of rotatable bonds is 2. The SMILES string of the molecule is N[C@H](CO)c1cscn1. The molecule has 1 aromatic rings. The van der Waals surface area contributed by atoms with Crippen LogP contribution in [0, 0.1) is 0 Å². The molecule has 0 aliphatic heterocycles. The van der Waals surface area contributed by atoms with Crippen LogP contribution in [0.25, 0.3) is 0 Å². The van der Waals surface area contributed by atoms with Gasteiger partial charge in [0.1, 0.15) is 0 Å². The highest BCUT2D eigenvalue weighted by molar-refractivity contribution is 7.07. The summed E-state index contributed by atoms with van der Waals surface area (Å²) in [4.78, 5) is 3.92.